The molecular weight excluding hydrogens is 272 g/mol. The van der Waals surface area contributed by atoms with Gasteiger partial charge >= 0.3 is 5.97 Å². The number of aromatic nitrogens is 1. The lowest BCUT2D eigenvalue weighted by Crippen LogP contribution is -2.28. The molecule has 1 fully saturated rings. The third-order valence-corrected chi connectivity index (χ3v) is 3.24. The first-order chi connectivity index (χ1) is 10.2. The second-order valence-corrected chi connectivity index (χ2v) is 4.79. The molecule has 0 aliphatic carbocycles. The Hall–Kier alpha value is -2.21. The summed E-state index contributed by atoms with van der Waals surface area (Å²) in [6.45, 7) is 1.31. The number of amides is 1. The van der Waals surface area contributed by atoms with E-state index in [0.717, 1.165) is 31.9 Å². The Morgan fingerprint density at radius 3 is 3.10 bits per heavy atom. The summed E-state index contributed by atoms with van der Waals surface area (Å²) in [6.07, 6.45) is 6.96. The monoisotopic (exact) mass is 290 g/mol. The van der Waals surface area contributed by atoms with Crippen molar-refractivity contribution in [2.24, 2.45) is 0 Å². The number of carbonyl (C=O) groups is 2. The second-order valence-electron chi connectivity index (χ2n) is 4.79. The van der Waals surface area contributed by atoms with Crippen molar-refractivity contribution >= 4 is 18.0 Å². The van der Waals surface area contributed by atoms with Crippen molar-refractivity contribution in [1.29, 1.82) is 0 Å². The van der Waals surface area contributed by atoms with Gasteiger partial charge in [0.25, 0.3) is 5.91 Å². The summed E-state index contributed by atoms with van der Waals surface area (Å²) in [5.41, 5.74) is 0.705. The molecule has 6 heteroatoms. The van der Waals surface area contributed by atoms with Gasteiger partial charge in [0.15, 0.2) is 0 Å². The van der Waals surface area contributed by atoms with Crippen LogP contribution in [0.5, 0.6) is 0 Å². The van der Waals surface area contributed by atoms with Crippen LogP contribution in [-0.2, 0) is 9.53 Å². The number of carbonyl (C=O) groups excluding carboxylic acids is 1. The Bertz CT molecular complexity index is 536. The van der Waals surface area contributed by atoms with Crippen LogP contribution in [0.3, 0.4) is 0 Å². The lowest BCUT2D eigenvalue weighted by molar-refractivity contribution is -0.131. The Balaban J connectivity index is 1.93. The lowest BCUT2D eigenvalue weighted by atomic mass is 10.1. The van der Waals surface area contributed by atoms with E-state index in [1.165, 1.54) is 12.3 Å². The van der Waals surface area contributed by atoms with Crippen LogP contribution in [0.4, 0.5) is 0 Å². The molecule has 1 aliphatic heterocycles. The summed E-state index contributed by atoms with van der Waals surface area (Å²) in [5, 5.41) is 11.4. The number of carboxylic acids is 1. The molecule has 1 amide bonds. The number of rotatable bonds is 6. The molecule has 2 rings (SSSR count). The van der Waals surface area contributed by atoms with Crippen molar-refractivity contribution in [1.82, 2.24) is 10.3 Å². The van der Waals surface area contributed by atoms with Gasteiger partial charge in [0.2, 0.25) is 0 Å². The van der Waals surface area contributed by atoms with Gasteiger partial charge in [-0.1, -0.05) is 6.07 Å². The van der Waals surface area contributed by atoms with Crippen LogP contribution in [0.15, 0.2) is 24.4 Å². The Labute approximate surface area is 122 Å². The van der Waals surface area contributed by atoms with E-state index >= 15 is 0 Å². The Kier molecular flexibility index (Phi) is 5.45. The summed E-state index contributed by atoms with van der Waals surface area (Å²) in [7, 11) is 0. The van der Waals surface area contributed by atoms with E-state index in [1.54, 1.807) is 12.1 Å². The van der Waals surface area contributed by atoms with Crippen LogP contribution >= 0.6 is 0 Å². The van der Waals surface area contributed by atoms with Crippen LogP contribution in [0, 0.1) is 0 Å². The number of hydrogen-bond donors (Lipinski definition) is 2. The normalized spacial score (nSPS) is 18.0. The van der Waals surface area contributed by atoms with Gasteiger partial charge in [-0.05, 0) is 31.4 Å². The zero-order valence-electron chi connectivity index (χ0n) is 11.6. The zero-order valence-corrected chi connectivity index (χ0v) is 11.6. The molecule has 0 aromatic carbocycles. The molecule has 0 radical (unpaired) electrons. The van der Waals surface area contributed by atoms with Crippen molar-refractivity contribution in [2.45, 2.75) is 25.4 Å². The highest BCUT2D eigenvalue weighted by Crippen LogP contribution is 2.14. The van der Waals surface area contributed by atoms with Crippen LogP contribution in [0.25, 0.3) is 6.08 Å². The van der Waals surface area contributed by atoms with Gasteiger partial charge in [-0.2, -0.15) is 0 Å². The standard InChI is InChI=1S/C15H18N2O4/c18-13(19)6-5-11-3-1-8-16-14(11)15(20)17-9-7-12-4-2-10-21-12/h1,3,5-6,8,12H,2,4,7,9-10H2,(H,17,20)(H,18,19)/b6-5+. The van der Waals surface area contributed by atoms with Crippen molar-refractivity contribution in [3.8, 4) is 0 Å². The number of pyridine rings is 1. The molecule has 1 saturated heterocycles. The largest absolute Gasteiger partial charge is 0.478 e. The number of nitrogens with one attached hydrogen (secondary N) is 1. The average Bonchev–Trinajstić information content (AvgIpc) is 2.98. The third kappa shape index (κ3) is 4.68. The maximum Gasteiger partial charge on any atom is 0.328 e. The van der Waals surface area contributed by atoms with Crippen molar-refractivity contribution < 1.29 is 19.4 Å². The van der Waals surface area contributed by atoms with Crippen LogP contribution in [0.2, 0.25) is 0 Å². The van der Waals surface area contributed by atoms with Crippen molar-refractivity contribution in [2.75, 3.05) is 13.2 Å². The molecule has 0 bridgehead atoms. The Morgan fingerprint density at radius 2 is 2.38 bits per heavy atom. The third-order valence-electron chi connectivity index (χ3n) is 3.24. The van der Waals surface area contributed by atoms with Crippen LogP contribution in [-0.4, -0.2) is 41.2 Å². The highest BCUT2D eigenvalue weighted by atomic mass is 16.5. The molecule has 112 valence electrons. The first-order valence-corrected chi connectivity index (χ1v) is 6.92. The van der Waals surface area contributed by atoms with Gasteiger partial charge in [-0.15, -0.1) is 0 Å². The summed E-state index contributed by atoms with van der Waals surface area (Å²) < 4.78 is 5.49. The molecule has 1 unspecified atom stereocenters. The molecule has 1 atom stereocenters. The van der Waals surface area contributed by atoms with E-state index in [-0.39, 0.29) is 17.7 Å². The summed E-state index contributed by atoms with van der Waals surface area (Å²) >= 11 is 0. The smallest absolute Gasteiger partial charge is 0.328 e. The SMILES string of the molecule is O=C(O)/C=C/c1cccnc1C(=O)NCCC1CCCO1. The molecule has 0 saturated carbocycles. The minimum atomic E-state index is -1.07. The fraction of sp³-hybridized carbons (Fsp3) is 0.400. The number of ether oxygens (including phenoxy) is 1. The minimum absolute atomic E-state index is 0.223. The van der Waals surface area contributed by atoms with E-state index in [2.05, 4.69) is 10.3 Å². The molecule has 6 nitrogen and oxygen atoms in total. The van der Waals surface area contributed by atoms with Gasteiger partial charge in [0.1, 0.15) is 5.69 Å². The van der Waals surface area contributed by atoms with E-state index < -0.39 is 5.97 Å². The molecule has 21 heavy (non-hydrogen) atoms. The van der Waals surface area contributed by atoms with Crippen molar-refractivity contribution in [3.63, 3.8) is 0 Å². The number of carboxylic acid groups (broad SMARTS) is 1. The first-order valence-electron chi connectivity index (χ1n) is 6.92. The highest BCUT2D eigenvalue weighted by Gasteiger charge is 2.16. The van der Waals surface area contributed by atoms with E-state index in [4.69, 9.17) is 9.84 Å². The zero-order chi connectivity index (χ0) is 15.1. The molecule has 2 N–H and O–H groups in total. The quantitative estimate of drug-likeness (QED) is 0.775. The van der Waals surface area contributed by atoms with E-state index in [9.17, 15) is 9.59 Å². The number of aliphatic carboxylic acids is 1. The first kappa shape index (κ1) is 15.2. The summed E-state index contributed by atoms with van der Waals surface area (Å²) in [5.74, 6) is -1.37. The summed E-state index contributed by atoms with van der Waals surface area (Å²) in [6, 6.07) is 3.31. The number of nitrogens with zero attached hydrogens (tertiary/aromatic N) is 1. The highest BCUT2D eigenvalue weighted by molar-refractivity contribution is 5.97. The lowest BCUT2D eigenvalue weighted by Gasteiger charge is -2.10. The van der Waals surface area contributed by atoms with Gasteiger partial charge in [-0.25, -0.2) is 4.79 Å². The minimum Gasteiger partial charge on any atom is -0.478 e. The van der Waals surface area contributed by atoms with Gasteiger partial charge in [0, 0.05) is 31.0 Å². The van der Waals surface area contributed by atoms with Crippen LogP contribution < -0.4 is 5.32 Å². The molecule has 0 spiro atoms. The van der Waals surface area contributed by atoms with E-state index in [1.807, 2.05) is 0 Å². The fourth-order valence-corrected chi connectivity index (χ4v) is 2.21. The van der Waals surface area contributed by atoms with Gasteiger partial charge in [0.05, 0.1) is 6.10 Å². The molecule has 1 aromatic heterocycles. The molecular formula is C15H18N2O4. The number of hydrogen-bond acceptors (Lipinski definition) is 4. The average molecular weight is 290 g/mol. The maximum atomic E-state index is 12.1. The predicted octanol–water partition coefficient (Wildman–Crippen LogP) is 1.48. The van der Waals surface area contributed by atoms with Gasteiger partial charge < -0.3 is 15.2 Å². The molecule has 1 aliphatic rings. The van der Waals surface area contributed by atoms with Crippen molar-refractivity contribution in [3.05, 3.63) is 35.7 Å². The molecule has 1 aromatic rings. The van der Waals surface area contributed by atoms with E-state index in [0.29, 0.717) is 12.1 Å². The fourth-order valence-electron chi connectivity index (χ4n) is 2.21. The predicted molar refractivity (Wildman–Crippen MR) is 76.8 cm³/mol. The summed E-state index contributed by atoms with van der Waals surface area (Å²) in [4.78, 5) is 26.7. The Morgan fingerprint density at radius 1 is 1.52 bits per heavy atom. The topological polar surface area (TPSA) is 88.5 Å². The second kappa shape index (κ2) is 7.54. The maximum absolute atomic E-state index is 12.1. The van der Waals surface area contributed by atoms with Gasteiger partial charge in [-0.3, -0.25) is 9.78 Å². The molecule has 2 heterocycles. The van der Waals surface area contributed by atoms with Crippen LogP contribution in [0.1, 0.15) is 35.3 Å².